The molecule has 88 valence electrons. The zero-order chi connectivity index (χ0) is 11.4. The number of rotatable bonds is 6. The van der Waals surface area contributed by atoms with E-state index in [1.54, 1.807) is 7.11 Å². The summed E-state index contributed by atoms with van der Waals surface area (Å²) in [6, 6.07) is 6.91. The van der Waals surface area contributed by atoms with E-state index in [0.29, 0.717) is 0 Å². The molecule has 2 rings (SSSR count). The van der Waals surface area contributed by atoms with E-state index in [2.05, 4.69) is 30.4 Å². The Morgan fingerprint density at radius 1 is 1.38 bits per heavy atom. The Bertz CT molecular complexity index is 345. The van der Waals surface area contributed by atoms with Crippen LogP contribution in [0.15, 0.2) is 18.2 Å². The molecule has 1 N–H and O–H groups in total. The molecular weight excluding hydrogens is 198 g/mol. The Hall–Kier alpha value is -0.860. The third-order valence-corrected chi connectivity index (χ3v) is 3.21. The van der Waals surface area contributed by atoms with Crippen molar-refractivity contribution in [2.24, 2.45) is 0 Å². The zero-order valence-electron chi connectivity index (χ0n) is 10.3. The average Bonchev–Trinajstić information content (AvgIpc) is 3.10. The van der Waals surface area contributed by atoms with Gasteiger partial charge in [0.2, 0.25) is 0 Å². The van der Waals surface area contributed by atoms with Gasteiger partial charge in [-0.15, -0.1) is 0 Å². The van der Waals surface area contributed by atoms with E-state index in [0.717, 1.165) is 25.6 Å². The molecule has 2 heteroatoms. The first kappa shape index (κ1) is 11.6. The highest BCUT2D eigenvalue weighted by Gasteiger charge is 2.23. The quantitative estimate of drug-likeness (QED) is 0.743. The molecule has 0 atom stereocenters. The SMILES string of the molecule is COCCNCc1ccc(C2CC2)cc1C. The van der Waals surface area contributed by atoms with E-state index >= 15 is 0 Å². The molecule has 0 bridgehead atoms. The fourth-order valence-corrected chi connectivity index (χ4v) is 1.99. The van der Waals surface area contributed by atoms with E-state index < -0.39 is 0 Å². The summed E-state index contributed by atoms with van der Waals surface area (Å²) in [6.07, 6.45) is 2.76. The van der Waals surface area contributed by atoms with Gasteiger partial charge in [-0.2, -0.15) is 0 Å². The first-order valence-electron chi connectivity index (χ1n) is 6.10. The molecular formula is C14H21NO. The van der Waals surface area contributed by atoms with Gasteiger partial charge >= 0.3 is 0 Å². The molecule has 0 spiro atoms. The Kier molecular flexibility index (Phi) is 3.97. The number of ether oxygens (including phenoxy) is 1. The Morgan fingerprint density at radius 3 is 2.81 bits per heavy atom. The standard InChI is InChI=1S/C14H21NO/c1-11-9-13(12-3-4-12)5-6-14(11)10-15-7-8-16-2/h5-6,9,12,15H,3-4,7-8,10H2,1-2H3. The number of benzene rings is 1. The Morgan fingerprint density at radius 2 is 2.19 bits per heavy atom. The molecule has 0 amide bonds. The average molecular weight is 219 g/mol. The normalized spacial score (nSPS) is 15.4. The van der Waals surface area contributed by atoms with Gasteiger partial charge in [0.25, 0.3) is 0 Å². The van der Waals surface area contributed by atoms with Gasteiger partial charge in [0, 0.05) is 20.2 Å². The van der Waals surface area contributed by atoms with Gasteiger partial charge in [-0.1, -0.05) is 18.2 Å². The summed E-state index contributed by atoms with van der Waals surface area (Å²) >= 11 is 0. The fourth-order valence-electron chi connectivity index (χ4n) is 1.99. The van der Waals surface area contributed by atoms with E-state index in [1.807, 2.05) is 0 Å². The Labute approximate surface area is 98.0 Å². The largest absolute Gasteiger partial charge is 0.383 e. The van der Waals surface area contributed by atoms with Crippen molar-refractivity contribution < 1.29 is 4.74 Å². The van der Waals surface area contributed by atoms with Crippen molar-refractivity contribution in [3.05, 3.63) is 34.9 Å². The van der Waals surface area contributed by atoms with Gasteiger partial charge in [-0.3, -0.25) is 0 Å². The molecule has 1 aliphatic rings. The molecule has 1 fully saturated rings. The van der Waals surface area contributed by atoms with Crippen LogP contribution in [0.2, 0.25) is 0 Å². The topological polar surface area (TPSA) is 21.3 Å². The minimum absolute atomic E-state index is 0.777. The summed E-state index contributed by atoms with van der Waals surface area (Å²) in [7, 11) is 1.73. The van der Waals surface area contributed by atoms with Crippen molar-refractivity contribution >= 4 is 0 Å². The van der Waals surface area contributed by atoms with Crippen molar-refractivity contribution in [1.29, 1.82) is 0 Å². The molecule has 0 radical (unpaired) electrons. The fraction of sp³-hybridized carbons (Fsp3) is 0.571. The lowest BCUT2D eigenvalue weighted by Gasteiger charge is -2.09. The van der Waals surface area contributed by atoms with Crippen LogP contribution in [0.5, 0.6) is 0 Å². The first-order valence-corrected chi connectivity index (χ1v) is 6.10. The summed E-state index contributed by atoms with van der Waals surface area (Å²) in [5.41, 5.74) is 4.34. The zero-order valence-corrected chi connectivity index (χ0v) is 10.3. The molecule has 16 heavy (non-hydrogen) atoms. The lowest BCUT2D eigenvalue weighted by Crippen LogP contribution is -2.19. The highest BCUT2D eigenvalue weighted by atomic mass is 16.5. The van der Waals surface area contributed by atoms with E-state index in [1.165, 1.54) is 29.5 Å². The van der Waals surface area contributed by atoms with E-state index in [-0.39, 0.29) is 0 Å². The maximum absolute atomic E-state index is 5.01. The first-order chi connectivity index (χ1) is 7.81. The monoisotopic (exact) mass is 219 g/mol. The maximum atomic E-state index is 5.01. The minimum atomic E-state index is 0.777. The molecule has 0 aliphatic heterocycles. The smallest absolute Gasteiger partial charge is 0.0587 e. The highest BCUT2D eigenvalue weighted by molar-refractivity contribution is 5.34. The number of hydrogen-bond donors (Lipinski definition) is 1. The van der Waals surface area contributed by atoms with Gasteiger partial charge in [-0.25, -0.2) is 0 Å². The second kappa shape index (κ2) is 5.46. The number of methoxy groups -OCH3 is 1. The Balaban J connectivity index is 1.88. The summed E-state index contributed by atoms with van der Waals surface area (Å²) in [4.78, 5) is 0. The number of aryl methyl sites for hydroxylation is 1. The lowest BCUT2D eigenvalue weighted by molar-refractivity contribution is 0.199. The third-order valence-electron chi connectivity index (χ3n) is 3.21. The van der Waals surface area contributed by atoms with Crippen LogP contribution in [0.4, 0.5) is 0 Å². The van der Waals surface area contributed by atoms with Gasteiger partial charge in [-0.05, 0) is 42.4 Å². The predicted molar refractivity (Wildman–Crippen MR) is 66.7 cm³/mol. The number of nitrogens with one attached hydrogen (secondary N) is 1. The summed E-state index contributed by atoms with van der Waals surface area (Å²) in [6.45, 7) is 4.85. The van der Waals surface area contributed by atoms with Crippen LogP contribution >= 0.6 is 0 Å². The van der Waals surface area contributed by atoms with E-state index in [9.17, 15) is 0 Å². The van der Waals surface area contributed by atoms with Crippen LogP contribution in [0.3, 0.4) is 0 Å². The highest BCUT2D eigenvalue weighted by Crippen LogP contribution is 2.40. The van der Waals surface area contributed by atoms with Gasteiger partial charge in [0.05, 0.1) is 6.61 Å². The molecule has 1 saturated carbocycles. The van der Waals surface area contributed by atoms with Crippen LogP contribution < -0.4 is 5.32 Å². The van der Waals surface area contributed by atoms with Crippen molar-refractivity contribution in [1.82, 2.24) is 5.32 Å². The maximum Gasteiger partial charge on any atom is 0.0587 e. The van der Waals surface area contributed by atoms with Crippen LogP contribution in [0.25, 0.3) is 0 Å². The second-order valence-electron chi connectivity index (χ2n) is 4.63. The molecule has 1 aromatic carbocycles. The van der Waals surface area contributed by atoms with Crippen LogP contribution in [-0.2, 0) is 11.3 Å². The van der Waals surface area contributed by atoms with Crippen LogP contribution in [-0.4, -0.2) is 20.3 Å². The van der Waals surface area contributed by atoms with Gasteiger partial charge in [0.1, 0.15) is 0 Å². The van der Waals surface area contributed by atoms with Gasteiger partial charge in [0.15, 0.2) is 0 Å². The molecule has 0 aromatic heterocycles. The predicted octanol–water partition coefficient (Wildman–Crippen LogP) is 2.61. The summed E-state index contributed by atoms with van der Waals surface area (Å²) in [5, 5.41) is 3.38. The van der Waals surface area contributed by atoms with Crippen molar-refractivity contribution in [3.63, 3.8) is 0 Å². The summed E-state index contributed by atoms with van der Waals surface area (Å²) in [5.74, 6) is 0.856. The molecule has 1 aliphatic carbocycles. The lowest BCUT2D eigenvalue weighted by atomic mass is 10.0. The van der Waals surface area contributed by atoms with Crippen LogP contribution in [0, 0.1) is 6.92 Å². The third kappa shape index (κ3) is 3.06. The molecule has 2 nitrogen and oxygen atoms in total. The van der Waals surface area contributed by atoms with Crippen molar-refractivity contribution in [2.75, 3.05) is 20.3 Å². The van der Waals surface area contributed by atoms with Crippen molar-refractivity contribution in [3.8, 4) is 0 Å². The summed E-state index contributed by atoms with van der Waals surface area (Å²) < 4.78 is 5.01. The number of hydrogen-bond acceptors (Lipinski definition) is 2. The molecule has 0 saturated heterocycles. The molecule has 1 aromatic rings. The van der Waals surface area contributed by atoms with Crippen molar-refractivity contribution in [2.45, 2.75) is 32.2 Å². The second-order valence-corrected chi connectivity index (χ2v) is 4.63. The molecule has 0 heterocycles. The van der Waals surface area contributed by atoms with Gasteiger partial charge < -0.3 is 10.1 Å². The van der Waals surface area contributed by atoms with E-state index in [4.69, 9.17) is 4.74 Å². The molecule has 0 unspecified atom stereocenters. The van der Waals surface area contributed by atoms with Crippen LogP contribution in [0.1, 0.15) is 35.4 Å². The minimum Gasteiger partial charge on any atom is -0.383 e.